The van der Waals surface area contributed by atoms with Crippen LogP contribution in [0.4, 0.5) is 5.69 Å². The van der Waals surface area contributed by atoms with Crippen molar-refractivity contribution in [2.45, 2.75) is 44.8 Å². The number of methoxy groups -OCH3 is 1. The molecule has 2 fully saturated rings. The van der Waals surface area contributed by atoms with Crippen LogP contribution in [0.3, 0.4) is 0 Å². The second-order valence-electron chi connectivity index (χ2n) is 7.81. The van der Waals surface area contributed by atoms with Gasteiger partial charge in [0, 0.05) is 37.6 Å². The highest BCUT2D eigenvalue weighted by atomic mass is 16.5. The molecule has 0 N–H and O–H groups in total. The molecule has 0 radical (unpaired) electrons. The summed E-state index contributed by atoms with van der Waals surface area (Å²) in [4.78, 5) is 21.7. The fourth-order valence-electron chi connectivity index (χ4n) is 4.36. The number of carbonyl (C=O) groups is 1. The van der Waals surface area contributed by atoms with Gasteiger partial charge in [0.2, 0.25) is 5.91 Å². The van der Waals surface area contributed by atoms with Crippen molar-refractivity contribution < 1.29 is 14.3 Å². The van der Waals surface area contributed by atoms with Crippen molar-refractivity contribution in [2.24, 2.45) is 0 Å². The highest BCUT2D eigenvalue weighted by Gasteiger charge is 2.36. The number of aromatic nitrogens is 1. The van der Waals surface area contributed by atoms with Gasteiger partial charge in [-0.25, -0.2) is 0 Å². The minimum atomic E-state index is -0.0581. The van der Waals surface area contributed by atoms with Gasteiger partial charge in [0.15, 0.2) is 0 Å². The lowest BCUT2D eigenvalue weighted by Crippen LogP contribution is -2.55. The van der Waals surface area contributed by atoms with Gasteiger partial charge in [-0.3, -0.25) is 14.7 Å². The molecule has 1 amide bonds. The quantitative estimate of drug-likeness (QED) is 0.776. The molecule has 2 aliphatic rings. The van der Waals surface area contributed by atoms with Crippen LogP contribution in [0.2, 0.25) is 0 Å². The Morgan fingerprint density at radius 2 is 1.83 bits per heavy atom. The van der Waals surface area contributed by atoms with Crippen LogP contribution < -0.4 is 14.4 Å². The molecule has 3 heterocycles. The van der Waals surface area contributed by atoms with Gasteiger partial charge in [0.05, 0.1) is 18.8 Å². The Morgan fingerprint density at radius 1 is 1.03 bits per heavy atom. The monoisotopic (exact) mass is 395 g/mol. The molecule has 2 aliphatic heterocycles. The van der Waals surface area contributed by atoms with E-state index in [4.69, 9.17) is 9.47 Å². The van der Waals surface area contributed by atoms with Gasteiger partial charge in [-0.1, -0.05) is 12.1 Å². The first-order chi connectivity index (χ1) is 14.2. The first kappa shape index (κ1) is 19.7. The lowest BCUT2D eigenvalue weighted by Gasteiger charge is -2.41. The third-order valence-corrected chi connectivity index (χ3v) is 5.97. The van der Waals surface area contributed by atoms with Gasteiger partial charge in [0.1, 0.15) is 17.6 Å². The molecule has 2 aromatic rings. The maximum Gasteiger partial charge on any atom is 0.244 e. The summed E-state index contributed by atoms with van der Waals surface area (Å²) in [5.41, 5.74) is 1.93. The molecule has 1 atom stereocenters. The van der Waals surface area contributed by atoms with E-state index in [2.05, 4.69) is 9.88 Å². The second kappa shape index (κ2) is 8.82. The van der Waals surface area contributed by atoms with Crippen LogP contribution in [-0.4, -0.2) is 54.7 Å². The average molecular weight is 396 g/mol. The summed E-state index contributed by atoms with van der Waals surface area (Å²) in [5, 5.41) is 0. The first-order valence-electron chi connectivity index (χ1n) is 10.4. The maximum atomic E-state index is 13.3. The summed E-state index contributed by atoms with van der Waals surface area (Å²) in [5.74, 6) is 1.85. The maximum absolute atomic E-state index is 13.3. The van der Waals surface area contributed by atoms with E-state index in [1.807, 2.05) is 48.4 Å². The number of likely N-dealkylation sites (tertiary alicyclic amines) is 1. The average Bonchev–Trinajstić information content (AvgIpc) is 2.76. The molecule has 2 saturated heterocycles. The van der Waals surface area contributed by atoms with E-state index in [-0.39, 0.29) is 18.1 Å². The molecule has 0 spiro atoms. The van der Waals surface area contributed by atoms with E-state index < -0.39 is 0 Å². The zero-order valence-electron chi connectivity index (χ0n) is 17.2. The summed E-state index contributed by atoms with van der Waals surface area (Å²) in [7, 11) is 1.65. The van der Waals surface area contributed by atoms with Crippen molar-refractivity contribution in [3.8, 4) is 11.5 Å². The Labute approximate surface area is 172 Å². The fraction of sp³-hybridized carbons (Fsp3) is 0.478. The molecule has 4 rings (SSSR count). The third-order valence-electron chi connectivity index (χ3n) is 5.97. The van der Waals surface area contributed by atoms with Crippen molar-refractivity contribution in [3.63, 3.8) is 0 Å². The number of hydrogen-bond acceptors (Lipinski definition) is 5. The number of amides is 1. The molecule has 0 saturated carbocycles. The van der Waals surface area contributed by atoms with Gasteiger partial charge in [0.25, 0.3) is 0 Å². The van der Waals surface area contributed by atoms with Crippen LogP contribution in [0.15, 0.2) is 42.7 Å². The highest BCUT2D eigenvalue weighted by molar-refractivity contribution is 5.99. The largest absolute Gasteiger partial charge is 0.495 e. The summed E-state index contributed by atoms with van der Waals surface area (Å²) >= 11 is 0. The standard InChI is InChI=1S/C23H29N3O3/c1-17-16-24-12-9-21(17)29-18-10-14-25(15-11-18)20-7-5-13-26(23(20)27)19-6-3-4-8-22(19)28-2/h3-4,6,8-9,12,16,18,20H,5,7,10-11,13-15H2,1-2H3. The van der Waals surface area contributed by atoms with E-state index in [9.17, 15) is 4.79 Å². The van der Waals surface area contributed by atoms with Crippen LogP contribution in [0, 0.1) is 6.92 Å². The van der Waals surface area contributed by atoms with E-state index in [0.29, 0.717) is 0 Å². The van der Waals surface area contributed by atoms with Crippen LogP contribution in [-0.2, 0) is 4.79 Å². The number of hydrogen-bond donors (Lipinski definition) is 0. The Bertz CT molecular complexity index is 849. The summed E-state index contributed by atoms with van der Waals surface area (Å²) in [6, 6.07) is 9.64. The van der Waals surface area contributed by atoms with Gasteiger partial charge in [-0.2, -0.15) is 0 Å². The third kappa shape index (κ3) is 4.22. The molecule has 1 unspecified atom stereocenters. The lowest BCUT2D eigenvalue weighted by molar-refractivity contribution is -0.126. The van der Waals surface area contributed by atoms with Crippen LogP contribution in [0.25, 0.3) is 0 Å². The lowest BCUT2D eigenvalue weighted by atomic mass is 9.98. The Kier molecular flexibility index (Phi) is 6.00. The van der Waals surface area contributed by atoms with Crippen molar-refractivity contribution in [2.75, 3.05) is 31.6 Å². The zero-order chi connectivity index (χ0) is 20.2. The van der Waals surface area contributed by atoms with Gasteiger partial charge in [-0.05, 0) is 50.8 Å². The summed E-state index contributed by atoms with van der Waals surface area (Å²) < 4.78 is 11.7. The number of benzene rings is 1. The molecule has 1 aromatic heterocycles. The number of ether oxygens (including phenoxy) is 2. The Hall–Kier alpha value is -2.60. The molecular formula is C23H29N3O3. The van der Waals surface area contributed by atoms with Crippen molar-refractivity contribution >= 4 is 11.6 Å². The Balaban J connectivity index is 1.39. The number of rotatable bonds is 5. The van der Waals surface area contributed by atoms with E-state index in [1.165, 1.54) is 0 Å². The topological polar surface area (TPSA) is 54.9 Å². The second-order valence-corrected chi connectivity index (χ2v) is 7.81. The number of carbonyl (C=O) groups excluding carboxylic acids is 1. The predicted molar refractivity (Wildman–Crippen MR) is 113 cm³/mol. The normalized spacial score (nSPS) is 21.2. The SMILES string of the molecule is COc1ccccc1N1CCCC(N2CCC(Oc3ccncc3C)CC2)C1=O. The van der Waals surface area contributed by atoms with Crippen LogP contribution >= 0.6 is 0 Å². The number of pyridine rings is 1. The molecule has 0 bridgehead atoms. The smallest absolute Gasteiger partial charge is 0.244 e. The number of anilines is 1. The molecule has 0 aliphatic carbocycles. The number of aryl methyl sites for hydroxylation is 1. The molecular weight excluding hydrogens is 366 g/mol. The van der Waals surface area contributed by atoms with E-state index in [0.717, 1.165) is 68.1 Å². The molecule has 29 heavy (non-hydrogen) atoms. The molecule has 6 nitrogen and oxygen atoms in total. The van der Waals surface area contributed by atoms with Crippen molar-refractivity contribution in [1.29, 1.82) is 0 Å². The minimum Gasteiger partial charge on any atom is -0.495 e. The molecule has 154 valence electrons. The zero-order valence-corrected chi connectivity index (χ0v) is 17.2. The summed E-state index contributed by atoms with van der Waals surface area (Å²) in [6.07, 6.45) is 7.57. The van der Waals surface area contributed by atoms with Gasteiger partial charge >= 0.3 is 0 Å². The van der Waals surface area contributed by atoms with Crippen LogP contribution in [0.1, 0.15) is 31.2 Å². The highest BCUT2D eigenvalue weighted by Crippen LogP contribution is 2.32. The van der Waals surface area contributed by atoms with E-state index in [1.54, 1.807) is 13.3 Å². The van der Waals surface area contributed by atoms with E-state index >= 15 is 0 Å². The van der Waals surface area contributed by atoms with Gasteiger partial charge in [-0.15, -0.1) is 0 Å². The first-order valence-corrected chi connectivity index (χ1v) is 10.4. The molecule has 6 heteroatoms. The number of para-hydroxylation sites is 2. The van der Waals surface area contributed by atoms with Gasteiger partial charge < -0.3 is 14.4 Å². The minimum absolute atomic E-state index is 0.0581. The van der Waals surface area contributed by atoms with Crippen molar-refractivity contribution in [3.05, 3.63) is 48.3 Å². The number of nitrogens with zero attached hydrogens (tertiary/aromatic N) is 3. The Morgan fingerprint density at radius 3 is 2.59 bits per heavy atom. The number of piperidine rings is 2. The predicted octanol–water partition coefficient (Wildman–Crippen LogP) is 3.44. The molecule has 1 aromatic carbocycles. The summed E-state index contributed by atoms with van der Waals surface area (Å²) in [6.45, 7) is 4.52. The fourth-order valence-corrected chi connectivity index (χ4v) is 4.36. The van der Waals surface area contributed by atoms with Crippen molar-refractivity contribution in [1.82, 2.24) is 9.88 Å². The van der Waals surface area contributed by atoms with Crippen LogP contribution in [0.5, 0.6) is 11.5 Å².